The largest absolute Gasteiger partial charge is 0.466 e. The van der Waals surface area contributed by atoms with Crippen LogP contribution in [-0.2, 0) is 14.3 Å². The summed E-state index contributed by atoms with van der Waals surface area (Å²) in [6, 6.07) is -0.627. The quantitative estimate of drug-likeness (QED) is 0.0320. The number of carbonyl (C=O) groups excluding carboxylic acids is 2. The lowest BCUT2D eigenvalue weighted by Gasteiger charge is -2.20. The Morgan fingerprint density at radius 2 is 0.597 bits per heavy atom. The minimum absolute atomic E-state index is 0.0193. The van der Waals surface area contributed by atoms with Crippen molar-refractivity contribution in [1.29, 1.82) is 0 Å². The van der Waals surface area contributed by atoms with E-state index in [1.807, 2.05) is 6.08 Å². The number of unbranched alkanes of at least 4 members (excludes halogenated alkanes) is 56. The Hall–Kier alpha value is -1.40. The van der Waals surface area contributed by atoms with Gasteiger partial charge in [0.25, 0.3) is 0 Å². The minimum atomic E-state index is -0.843. The summed E-state index contributed by atoms with van der Waals surface area (Å²) in [5.74, 6) is -0.0423. The van der Waals surface area contributed by atoms with Crippen LogP contribution in [0.3, 0.4) is 0 Å². The average molecular weight is 1090 g/mol. The van der Waals surface area contributed by atoms with Gasteiger partial charge in [-0.25, -0.2) is 0 Å². The standard InChI is InChI=1S/C71H139NO5/c1-3-5-7-9-11-13-15-17-19-20-21-27-30-33-36-39-43-47-51-55-59-63-69(74)68(67-73)72-70(75)64-60-56-52-48-44-40-37-34-31-28-25-23-22-24-26-29-32-35-38-42-46-50-54-58-62-66-77-71(76)65-61-57-53-49-45-41-18-16-14-12-10-8-6-4-2/h59,63,68-69,73-74H,3-58,60-62,64-67H2,1-2H3,(H,72,75)/b63-59+. The zero-order valence-corrected chi connectivity index (χ0v) is 52.5. The first kappa shape index (κ1) is 75.6. The lowest BCUT2D eigenvalue weighted by atomic mass is 10.0. The summed E-state index contributed by atoms with van der Waals surface area (Å²) in [5.41, 5.74) is 0. The Morgan fingerprint density at radius 1 is 0.351 bits per heavy atom. The Balaban J connectivity index is 3.38. The summed E-state index contributed by atoms with van der Waals surface area (Å²) in [6.07, 6.45) is 82.9. The maximum Gasteiger partial charge on any atom is 0.305 e. The lowest BCUT2D eigenvalue weighted by molar-refractivity contribution is -0.143. The highest BCUT2D eigenvalue weighted by molar-refractivity contribution is 5.76. The van der Waals surface area contributed by atoms with E-state index in [0.29, 0.717) is 19.4 Å². The SMILES string of the molecule is CCCCCCCCCCCCCCCCCCCCC/C=C/C(O)C(CO)NC(=O)CCCCCCCCCCCCCCCCCCCCCCCCCCCOC(=O)CCCCCCCCCCCCCCCC. The van der Waals surface area contributed by atoms with Crippen LogP contribution in [-0.4, -0.2) is 47.4 Å². The second-order valence-corrected chi connectivity index (χ2v) is 24.6. The van der Waals surface area contributed by atoms with Crippen molar-refractivity contribution in [3.63, 3.8) is 0 Å². The lowest BCUT2D eigenvalue weighted by Crippen LogP contribution is -2.45. The predicted molar refractivity (Wildman–Crippen MR) is 338 cm³/mol. The highest BCUT2D eigenvalue weighted by atomic mass is 16.5. The molecule has 77 heavy (non-hydrogen) atoms. The predicted octanol–water partition coefficient (Wildman–Crippen LogP) is 22.8. The molecule has 0 aliphatic carbocycles. The van der Waals surface area contributed by atoms with E-state index in [9.17, 15) is 19.8 Å². The molecule has 6 nitrogen and oxygen atoms in total. The van der Waals surface area contributed by atoms with Gasteiger partial charge in [0.1, 0.15) is 0 Å². The van der Waals surface area contributed by atoms with E-state index in [1.165, 1.54) is 340 Å². The minimum Gasteiger partial charge on any atom is -0.466 e. The maximum absolute atomic E-state index is 12.5. The third-order valence-electron chi connectivity index (χ3n) is 16.8. The molecule has 0 aliphatic rings. The van der Waals surface area contributed by atoms with Gasteiger partial charge in [-0.1, -0.05) is 373 Å². The first-order valence-corrected chi connectivity index (χ1v) is 35.5. The Morgan fingerprint density at radius 3 is 0.883 bits per heavy atom. The second kappa shape index (κ2) is 67.1. The zero-order valence-electron chi connectivity index (χ0n) is 52.5. The number of hydrogen-bond donors (Lipinski definition) is 3. The van der Waals surface area contributed by atoms with Gasteiger partial charge in [0.05, 0.1) is 25.4 Å². The molecule has 0 radical (unpaired) electrons. The van der Waals surface area contributed by atoms with E-state index >= 15 is 0 Å². The van der Waals surface area contributed by atoms with Crippen molar-refractivity contribution in [2.75, 3.05) is 13.2 Å². The summed E-state index contributed by atoms with van der Waals surface area (Å²) in [7, 11) is 0. The number of amides is 1. The first-order valence-electron chi connectivity index (χ1n) is 35.5. The van der Waals surface area contributed by atoms with Crippen LogP contribution in [0.5, 0.6) is 0 Å². The highest BCUT2D eigenvalue weighted by Gasteiger charge is 2.18. The van der Waals surface area contributed by atoms with Crippen molar-refractivity contribution in [3.8, 4) is 0 Å². The molecular weight excluding hydrogens is 947 g/mol. The van der Waals surface area contributed by atoms with Gasteiger partial charge < -0.3 is 20.3 Å². The summed E-state index contributed by atoms with van der Waals surface area (Å²) in [4.78, 5) is 24.6. The molecular formula is C71H139NO5. The van der Waals surface area contributed by atoms with Gasteiger partial charge in [0.15, 0.2) is 0 Å². The van der Waals surface area contributed by atoms with Crippen LogP contribution in [0.4, 0.5) is 0 Å². The van der Waals surface area contributed by atoms with Crippen molar-refractivity contribution in [1.82, 2.24) is 5.32 Å². The molecule has 0 saturated heterocycles. The van der Waals surface area contributed by atoms with Gasteiger partial charge >= 0.3 is 5.97 Å². The molecule has 0 rings (SSSR count). The molecule has 3 N–H and O–H groups in total. The molecule has 2 unspecified atom stereocenters. The number of rotatable bonds is 67. The Bertz CT molecular complexity index is 1160. The molecule has 0 fully saturated rings. The van der Waals surface area contributed by atoms with E-state index in [4.69, 9.17) is 4.74 Å². The van der Waals surface area contributed by atoms with Crippen LogP contribution in [0.1, 0.15) is 406 Å². The molecule has 458 valence electrons. The summed E-state index contributed by atoms with van der Waals surface area (Å²) < 4.78 is 5.49. The molecule has 0 spiro atoms. The van der Waals surface area contributed by atoms with Crippen LogP contribution in [0.2, 0.25) is 0 Å². The third-order valence-corrected chi connectivity index (χ3v) is 16.8. The van der Waals surface area contributed by atoms with Crippen LogP contribution in [0.25, 0.3) is 0 Å². The van der Waals surface area contributed by atoms with Crippen molar-refractivity contribution >= 4 is 11.9 Å². The van der Waals surface area contributed by atoms with Crippen LogP contribution in [0, 0.1) is 0 Å². The average Bonchev–Trinajstić information content (AvgIpc) is 3.43. The molecule has 0 heterocycles. The van der Waals surface area contributed by atoms with E-state index < -0.39 is 12.1 Å². The topological polar surface area (TPSA) is 95.9 Å². The number of esters is 1. The van der Waals surface area contributed by atoms with Gasteiger partial charge in [-0.05, 0) is 32.1 Å². The molecule has 0 aromatic rings. The van der Waals surface area contributed by atoms with Crippen molar-refractivity contribution in [3.05, 3.63) is 12.2 Å². The summed E-state index contributed by atoms with van der Waals surface area (Å²) in [6.45, 7) is 4.95. The van der Waals surface area contributed by atoms with Gasteiger partial charge in [-0.15, -0.1) is 0 Å². The fraction of sp³-hybridized carbons (Fsp3) is 0.944. The van der Waals surface area contributed by atoms with Gasteiger partial charge in [0.2, 0.25) is 5.91 Å². The normalized spacial score (nSPS) is 12.5. The molecule has 0 aliphatic heterocycles. The number of aliphatic hydroxyl groups is 2. The number of aliphatic hydroxyl groups excluding tert-OH is 2. The first-order chi connectivity index (χ1) is 38.0. The fourth-order valence-electron chi connectivity index (χ4n) is 11.4. The second-order valence-electron chi connectivity index (χ2n) is 24.6. The van der Waals surface area contributed by atoms with E-state index in [-0.39, 0.29) is 18.5 Å². The summed E-state index contributed by atoms with van der Waals surface area (Å²) in [5, 5.41) is 23.3. The molecule has 6 heteroatoms. The Kier molecular flexibility index (Phi) is 65.9. The summed E-state index contributed by atoms with van der Waals surface area (Å²) >= 11 is 0. The van der Waals surface area contributed by atoms with Crippen LogP contribution < -0.4 is 5.32 Å². The smallest absolute Gasteiger partial charge is 0.305 e. The van der Waals surface area contributed by atoms with Crippen LogP contribution >= 0.6 is 0 Å². The third kappa shape index (κ3) is 63.6. The van der Waals surface area contributed by atoms with Crippen molar-refractivity contribution in [2.45, 2.75) is 418 Å². The molecule has 2 atom stereocenters. The number of allylic oxidation sites excluding steroid dienone is 1. The van der Waals surface area contributed by atoms with Crippen molar-refractivity contribution < 1.29 is 24.5 Å². The van der Waals surface area contributed by atoms with Gasteiger partial charge in [-0.3, -0.25) is 9.59 Å². The van der Waals surface area contributed by atoms with Crippen molar-refractivity contribution in [2.24, 2.45) is 0 Å². The monoisotopic (exact) mass is 1090 g/mol. The van der Waals surface area contributed by atoms with E-state index in [0.717, 1.165) is 38.5 Å². The van der Waals surface area contributed by atoms with E-state index in [1.54, 1.807) is 6.08 Å². The number of hydrogen-bond acceptors (Lipinski definition) is 5. The molecule has 0 saturated carbocycles. The maximum atomic E-state index is 12.5. The molecule has 0 aromatic heterocycles. The van der Waals surface area contributed by atoms with Gasteiger partial charge in [0, 0.05) is 12.8 Å². The number of carbonyl (C=O) groups is 2. The molecule has 0 bridgehead atoms. The Labute approximate surface area is 482 Å². The molecule has 0 aromatic carbocycles. The zero-order chi connectivity index (χ0) is 55.7. The van der Waals surface area contributed by atoms with E-state index in [2.05, 4.69) is 19.2 Å². The number of nitrogens with one attached hydrogen (secondary N) is 1. The van der Waals surface area contributed by atoms with Crippen LogP contribution in [0.15, 0.2) is 12.2 Å². The van der Waals surface area contributed by atoms with Gasteiger partial charge in [-0.2, -0.15) is 0 Å². The number of ether oxygens (including phenoxy) is 1. The fourth-order valence-corrected chi connectivity index (χ4v) is 11.4. The highest BCUT2D eigenvalue weighted by Crippen LogP contribution is 2.19. The molecule has 1 amide bonds.